The lowest BCUT2D eigenvalue weighted by molar-refractivity contribution is -0.384. The summed E-state index contributed by atoms with van der Waals surface area (Å²) in [6.07, 6.45) is 1.17. The number of benzene rings is 1. The molecule has 0 saturated carbocycles. The van der Waals surface area contributed by atoms with Crippen molar-refractivity contribution in [2.45, 2.75) is 13.5 Å². The molecule has 0 saturated heterocycles. The van der Waals surface area contributed by atoms with Gasteiger partial charge in [0, 0.05) is 39.9 Å². The fourth-order valence-electron chi connectivity index (χ4n) is 2.30. The lowest BCUT2D eigenvalue weighted by Crippen LogP contribution is -2.25. The van der Waals surface area contributed by atoms with E-state index >= 15 is 0 Å². The van der Waals surface area contributed by atoms with Gasteiger partial charge in [-0.1, -0.05) is 11.6 Å². The van der Waals surface area contributed by atoms with E-state index in [0.29, 0.717) is 15.7 Å². The molecular formula is C18H15BrClN5O5. The number of nitriles is 1. The molecule has 0 bridgehead atoms. The number of pyridine rings is 1. The van der Waals surface area contributed by atoms with E-state index < -0.39 is 17.4 Å². The monoisotopic (exact) mass is 495 g/mol. The molecule has 1 N–H and O–H groups in total. The molecule has 0 atom stereocenters. The van der Waals surface area contributed by atoms with Gasteiger partial charge in [-0.05, 0) is 28.9 Å². The number of carbonyl (C=O) groups is 1. The fourth-order valence-corrected chi connectivity index (χ4v) is 2.87. The van der Waals surface area contributed by atoms with Crippen molar-refractivity contribution < 1.29 is 19.2 Å². The summed E-state index contributed by atoms with van der Waals surface area (Å²) in [5.74, 6) is -0.640. The first-order valence-corrected chi connectivity index (χ1v) is 9.42. The van der Waals surface area contributed by atoms with Crippen molar-refractivity contribution in [1.82, 2.24) is 10.4 Å². The number of halogens is 2. The summed E-state index contributed by atoms with van der Waals surface area (Å²) in [5, 5.41) is 24.2. The highest BCUT2D eigenvalue weighted by molar-refractivity contribution is 9.10. The SMILES string of the molecule is COCc1c(Br)c(C)nc(OCC(=O)N/N=C\c2cc([N+](=O)[O-])ccc2Cl)c1C#N. The number of hydrazone groups is 1. The molecule has 0 fully saturated rings. The van der Waals surface area contributed by atoms with Gasteiger partial charge in [-0.25, -0.2) is 10.4 Å². The first kappa shape index (κ1) is 23.2. The van der Waals surface area contributed by atoms with E-state index in [9.17, 15) is 20.2 Å². The minimum atomic E-state index is -0.632. The van der Waals surface area contributed by atoms with Crippen molar-refractivity contribution in [3.05, 3.63) is 60.2 Å². The summed E-state index contributed by atoms with van der Waals surface area (Å²) in [6.45, 7) is 1.41. The van der Waals surface area contributed by atoms with E-state index in [1.54, 1.807) is 6.92 Å². The van der Waals surface area contributed by atoms with Crippen LogP contribution in [-0.2, 0) is 16.1 Å². The molecule has 30 heavy (non-hydrogen) atoms. The van der Waals surface area contributed by atoms with Crippen LogP contribution in [0.1, 0.15) is 22.4 Å². The second-order valence-electron chi connectivity index (χ2n) is 5.76. The number of aromatic nitrogens is 1. The molecule has 156 valence electrons. The molecule has 2 rings (SSSR count). The van der Waals surface area contributed by atoms with E-state index in [1.807, 2.05) is 6.07 Å². The Hall–Kier alpha value is -3.07. The summed E-state index contributed by atoms with van der Waals surface area (Å²) >= 11 is 9.32. The number of nitrogens with one attached hydrogen (secondary N) is 1. The minimum Gasteiger partial charge on any atom is -0.467 e. The number of ether oxygens (including phenoxy) is 2. The number of rotatable bonds is 8. The Labute approximate surface area is 184 Å². The average molecular weight is 497 g/mol. The van der Waals surface area contributed by atoms with Gasteiger partial charge < -0.3 is 9.47 Å². The van der Waals surface area contributed by atoms with E-state index in [0.717, 1.165) is 0 Å². The van der Waals surface area contributed by atoms with Crippen LogP contribution >= 0.6 is 27.5 Å². The van der Waals surface area contributed by atoms with Gasteiger partial charge in [0.2, 0.25) is 5.88 Å². The topological polar surface area (TPSA) is 140 Å². The van der Waals surface area contributed by atoms with Gasteiger partial charge in [-0.2, -0.15) is 10.4 Å². The Morgan fingerprint density at radius 1 is 1.53 bits per heavy atom. The number of nitro groups is 1. The van der Waals surface area contributed by atoms with Crippen LogP contribution in [0.3, 0.4) is 0 Å². The molecule has 0 spiro atoms. The third-order valence-corrected chi connectivity index (χ3v) is 5.09. The van der Waals surface area contributed by atoms with Crippen molar-refractivity contribution >= 4 is 45.3 Å². The predicted octanol–water partition coefficient (Wildman–Crippen LogP) is 3.26. The van der Waals surface area contributed by atoms with E-state index in [2.05, 4.69) is 31.4 Å². The molecule has 1 amide bonds. The normalized spacial score (nSPS) is 10.6. The number of aryl methyl sites for hydroxylation is 1. The largest absolute Gasteiger partial charge is 0.467 e. The second kappa shape index (κ2) is 10.6. The fraction of sp³-hybridized carbons (Fsp3) is 0.222. The molecule has 2 aromatic rings. The summed E-state index contributed by atoms with van der Waals surface area (Å²) in [7, 11) is 1.49. The lowest BCUT2D eigenvalue weighted by Gasteiger charge is -2.13. The van der Waals surface area contributed by atoms with Gasteiger partial charge in [0.25, 0.3) is 11.6 Å². The Morgan fingerprint density at radius 2 is 2.27 bits per heavy atom. The lowest BCUT2D eigenvalue weighted by atomic mass is 10.1. The Morgan fingerprint density at radius 3 is 2.90 bits per heavy atom. The number of methoxy groups -OCH3 is 1. The van der Waals surface area contributed by atoms with Gasteiger partial charge >= 0.3 is 0 Å². The number of non-ortho nitro benzene ring substituents is 1. The Bertz CT molecular complexity index is 1050. The van der Waals surface area contributed by atoms with Crippen LogP contribution < -0.4 is 10.2 Å². The van der Waals surface area contributed by atoms with Crippen LogP contribution in [0.5, 0.6) is 5.88 Å². The Kier molecular flexibility index (Phi) is 8.23. The minimum absolute atomic E-state index is 0.00823. The van der Waals surface area contributed by atoms with Gasteiger partial charge in [-0.15, -0.1) is 0 Å². The van der Waals surface area contributed by atoms with E-state index in [-0.39, 0.29) is 34.3 Å². The van der Waals surface area contributed by atoms with Crippen LogP contribution in [0.4, 0.5) is 5.69 Å². The number of nitrogens with zero attached hydrogens (tertiary/aromatic N) is 4. The maximum absolute atomic E-state index is 12.0. The van der Waals surface area contributed by atoms with Crippen molar-refractivity contribution in [2.24, 2.45) is 5.10 Å². The highest BCUT2D eigenvalue weighted by Crippen LogP contribution is 2.30. The highest BCUT2D eigenvalue weighted by Gasteiger charge is 2.18. The molecule has 0 aliphatic heterocycles. The maximum Gasteiger partial charge on any atom is 0.278 e. The number of nitro benzene ring substituents is 1. The molecule has 1 heterocycles. The van der Waals surface area contributed by atoms with Crippen molar-refractivity contribution in [3.8, 4) is 11.9 Å². The standard InChI is InChI=1S/C18H15BrClN5O5/c1-10-17(19)14(8-29-2)13(6-21)18(23-10)30-9-16(26)24-22-7-11-5-12(25(27)28)3-4-15(11)20/h3-5,7H,8-9H2,1-2H3,(H,24,26)/b22-7-. The summed E-state index contributed by atoms with van der Waals surface area (Å²) in [4.78, 5) is 26.4. The van der Waals surface area contributed by atoms with Gasteiger partial charge in [0.15, 0.2) is 6.61 Å². The maximum atomic E-state index is 12.0. The van der Waals surface area contributed by atoms with E-state index in [1.165, 1.54) is 31.5 Å². The van der Waals surface area contributed by atoms with Crippen molar-refractivity contribution in [3.63, 3.8) is 0 Å². The first-order valence-electron chi connectivity index (χ1n) is 8.25. The zero-order chi connectivity index (χ0) is 22.3. The molecule has 10 nitrogen and oxygen atoms in total. The van der Waals surface area contributed by atoms with Gasteiger partial charge in [0.05, 0.1) is 23.4 Å². The number of amides is 1. The van der Waals surface area contributed by atoms with Crippen molar-refractivity contribution in [2.75, 3.05) is 13.7 Å². The van der Waals surface area contributed by atoms with Crippen LogP contribution in [0.2, 0.25) is 5.02 Å². The van der Waals surface area contributed by atoms with Crippen LogP contribution in [-0.4, -0.2) is 35.7 Å². The third kappa shape index (κ3) is 5.73. The molecular weight excluding hydrogens is 482 g/mol. The second-order valence-corrected chi connectivity index (χ2v) is 6.96. The van der Waals surface area contributed by atoms with Crippen LogP contribution in [0, 0.1) is 28.4 Å². The zero-order valence-corrected chi connectivity index (χ0v) is 18.2. The molecule has 0 aliphatic carbocycles. The predicted molar refractivity (Wildman–Crippen MR) is 111 cm³/mol. The summed E-state index contributed by atoms with van der Waals surface area (Å²) in [6, 6.07) is 5.83. The first-order chi connectivity index (χ1) is 14.3. The Balaban J connectivity index is 2.07. The molecule has 0 aliphatic rings. The number of carbonyl (C=O) groups excluding carboxylic acids is 1. The van der Waals surface area contributed by atoms with Gasteiger partial charge in [0.1, 0.15) is 11.6 Å². The third-order valence-electron chi connectivity index (χ3n) is 3.69. The number of hydrogen-bond acceptors (Lipinski definition) is 8. The summed E-state index contributed by atoms with van der Waals surface area (Å²) < 4.78 is 11.1. The van der Waals surface area contributed by atoms with Crippen LogP contribution in [0.15, 0.2) is 27.8 Å². The summed E-state index contributed by atoms with van der Waals surface area (Å²) in [5.41, 5.74) is 3.58. The van der Waals surface area contributed by atoms with Crippen LogP contribution in [0.25, 0.3) is 0 Å². The molecule has 12 heteroatoms. The average Bonchev–Trinajstić information content (AvgIpc) is 2.71. The quantitative estimate of drug-likeness (QED) is 0.336. The van der Waals surface area contributed by atoms with Gasteiger partial charge in [-0.3, -0.25) is 14.9 Å². The smallest absolute Gasteiger partial charge is 0.278 e. The zero-order valence-electron chi connectivity index (χ0n) is 15.8. The molecule has 1 aromatic carbocycles. The molecule has 0 unspecified atom stereocenters. The van der Waals surface area contributed by atoms with Crippen molar-refractivity contribution in [1.29, 1.82) is 5.26 Å². The van der Waals surface area contributed by atoms with E-state index in [4.69, 9.17) is 21.1 Å². The highest BCUT2D eigenvalue weighted by atomic mass is 79.9. The molecule has 0 radical (unpaired) electrons. The molecule has 1 aromatic heterocycles. The number of hydrogen-bond donors (Lipinski definition) is 1.